The Bertz CT molecular complexity index is 822. The van der Waals surface area contributed by atoms with Crippen molar-refractivity contribution in [2.24, 2.45) is 0 Å². The number of nitrogens with zero attached hydrogens (tertiary/aromatic N) is 4. The minimum absolute atomic E-state index is 0. The molecule has 9 nitrogen and oxygen atoms in total. The van der Waals surface area contributed by atoms with Crippen molar-refractivity contribution in [3.05, 3.63) is 29.6 Å². The van der Waals surface area contributed by atoms with Crippen LogP contribution in [0.4, 0.5) is 0 Å². The van der Waals surface area contributed by atoms with Crippen molar-refractivity contribution in [1.29, 1.82) is 0 Å². The molecule has 0 bridgehead atoms. The summed E-state index contributed by atoms with van der Waals surface area (Å²) < 4.78 is 12.8. The van der Waals surface area contributed by atoms with E-state index in [0.29, 0.717) is 42.6 Å². The van der Waals surface area contributed by atoms with E-state index in [0.717, 1.165) is 38.4 Å². The van der Waals surface area contributed by atoms with E-state index in [1.165, 1.54) is 0 Å². The summed E-state index contributed by atoms with van der Waals surface area (Å²) in [5.41, 5.74) is 1.81. The van der Waals surface area contributed by atoms with Crippen LogP contribution in [-0.2, 0) is 0 Å². The Labute approximate surface area is 169 Å². The molecule has 3 heterocycles. The van der Waals surface area contributed by atoms with Crippen molar-refractivity contribution in [2.75, 3.05) is 52.5 Å². The van der Waals surface area contributed by atoms with Crippen LogP contribution in [-0.4, -0.2) is 78.3 Å². The maximum Gasteiger partial charge on any atom is 0.273 e. The first-order valence-electron chi connectivity index (χ1n) is 9.26. The predicted molar refractivity (Wildman–Crippen MR) is 106 cm³/mol. The molecule has 0 aliphatic carbocycles. The molecule has 2 aliphatic heterocycles. The molecule has 28 heavy (non-hydrogen) atoms. The molecule has 1 aromatic carbocycles. The molecule has 0 saturated carbocycles. The van der Waals surface area contributed by atoms with Gasteiger partial charge in [-0.15, -0.1) is 17.5 Å². The molecule has 0 radical (unpaired) electrons. The van der Waals surface area contributed by atoms with Crippen molar-refractivity contribution in [1.82, 2.24) is 30.5 Å². The van der Waals surface area contributed by atoms with Crippen LogP contribution in [0.5, 0.6) is 11.5 Å². The third-order valence-electron chi connectivity index (χ3n) is 4.80. The fourth-order valence-corrected chi connectivity index (χ4v) is 3.29. The van der Waals surface area contributed by atoms with Gasteiger partial charge < -0.3 is 20.1 Å². The zero-order valence-electron chi connectivity index (χ0n) is 15.8. The number of hydrogen-bond acceptors (Lipinski definition) is 7. The van der Waals surface area contributed by atoms with E-state index in [2.05, 4.69) is 25.8 Å². The number of ether oxygens (including phenoxy) is 2. The van der Waals surface area contributed by atoms with Gasteiger partial charge in [0.25, 0.3) is 5.91 Å². The van der Waals surface area contributed by atoms with Crippen LogP contribution in [0.3, 0.4) is 0 Å². The lowest BCUT2D eigenvalue weighted by Crippen LogP contribution is -2.46. The minimum atomic E-state index is -0.202. The van der Waals surface area contributed by atoms with Gasteiger partial charge in [-0.2, -0.15) is 0 Å². The first kappa shape index (κ1) is 20.4. The Morgan fingerprint density at radius 1 is 1.21 bits per heavy atom. The fourth-order valence-electron chi connectivity index (χ4n) is 3.29. The number of carbonyl (C=O) groups excluding carboxylic acids is 1. The first-order chi connectivity index (χ1) is 13.2. The van der Waals surface area contributed by atoms with Crippen LogP contribution in [0.25, 0.3) is 5.69 Å². The molecule has 1 fully saturated rings. The summed E-state index contributed by atoms with van der Waals surface area (Å²) in [6, 6.07) is 5.57. The third-order valence-corrected chi connectivity index (χ3v) is 4.80. The lowest BCUT2D eigenvalue weighted by molar-refractivity contribution is 0.0941. The lowest BCUT2D eigenvalue weighted by atomic mass is 10.2. The van der Waals surface area contributed by atoms with Crippen molar-refractivity contribution < 1.29 is 14.3 Å². The van der Waals surface area contributed by atoms with Crippen LogP contribution in [0, 0.1) is 6.92 Å². The molecule has 2 aromatic rings. The molecule has 0 spiro atoms. The molecule has 2 N–H and O–H groups in total. The van der Waals surface area contributed by atoms with E-state index < -0.39 is 0 Å². The number of benzene rings is 1. The number of nitrogens with one attached hydrogen (secondary N) is 2. The van der Waals surface area contributed by atoms with Crippen LogP contribution < -0.4 is 20.1 Å². The van der Waals surface area contributed by atoms with Crippen LogP contribution in [0.2, 0.25) is 0 Å². The average Bonchev–Trinajstić information content (AvgIpc) is 3.10. The van der Waals surface area contributed by atoms with Crippen LogP contribution in [0.15, 0.2) is 18.2 Å². The summed E-state index contributed by atoms with van der Waals surface area (Å²) in [6.45, 7) is 8.35. The zero-order chi connectivity index (χ0) is 18.6. The van der Waals surface area contributed by atoms with Crippen molar-refractivity contribution in [2.45, 2.75) is 6.92 Å². The normalized spacial score (nSPS) is 16.3. The molecule has 1 saturated heterocycles. The number of piperazine rings is 1. The van der Waals surface area contributed by atoms with Gasteiger partial charge in [-0.3, -0.25) is 9.69 Å². The van der Waals surface area contributed by atoms with Crippen LogP contribution >= 0.6 is 12.4 Å². The fraction of sp³-hybridized carbons (Fsp3) is 0.500. The monoisotopic (exact) mass is 408 g/mol. The molecule has 152 valence electrons. The molecule has 1 aromatic heterocycles. The van der Waals surface area contributed by atoms with E-state index in [9.17, 15) is 4.79 Å². The highest BCUT2D eigenvalue weighted by molar-refractivity contribution is 5.93. The highest BCUT2D eigenvalue weighted by atomic mass is 35.5. The standard InChI is InChI=1S/C18H24N6O3.ClH/c1-13-17(18(25)20-6-9-23-7-4-19-5-8-23)21-22-24(13)14-2-3-15-16(12-14)27-11-10-26-15;/h2-3,12,19H,4-11H2,1H3,(H,20,25);1H. The largest absolute Gasteiger partial charge is 0.486 e. The van der Waals surface area contributed by atoms with Gasteiger partial charge in [0.15, 0.2) is 17.2 Å². The summed E-state index contributed by atoms with van der Waals surface area (Å²) >= 11 is 0. The average molecular weight is 409 g/mol. The number of rotatable bonds is 5. The quantitative estimate of drug-likeness (QED) is 0.739. The minimum Gasteiger partial charge on any atom is -0.486 e. The van der Waals surface area contributed by atoms with Gasteiger partial charge in [-0.25, -0.2) is 4.68 Å². The summed E-state index contributed by atoms with van der Waals surface area (Å²) in [5.74, 6) is 1.19. The van der Waals surface area contributed by atoms with E-state index in [4.69, 9.17) is 9.47 Å². The van der Waals surface area contributed by atoms with Gasteiger partial charge in [0.05, 0.1) is 11.4 Å². The smallest absolute Gasteiger partial charge is 0.273 e. The summed E-state index contributed by atoms with van der Waals surface area (Å²) in [7, 11) is 0. The molecule has 10 heteroatoms. The highest BCUT2D eigenvalue weighted by Gasteiger charge is 2.19. The van der Waals surface area contributed by atoms with Gasteiger partial charge in [0, 0.05) is 45.3 Å². The molecule has 1 amide bonds. The van der Waals surface area contributed by atoms with Gasteiger partial charge in [-0.1, -0.05) is 5.21 Å². The summed E-state index contributed by atoms with van der Waals surface area (Å²) in [5, 5.41) is 14.5. The third kappa shape index (κ3) is 4.37. The second kappa shape index (κ2) is 9.22. The van der Waals surface area contributed by atoms with Gasteiger partial charge in [0.2, 0.25) is 0 Å². The Kier molecular flexibility index (Phi) is 6.71. The van der Waals surface area contributed by atoms with Crippen molar-refractivity contribution >= 4 is 18.3 Å². The Morgan fingerprint density at radius 2 is 1.96 bits per heavy atom. The van der Waals surface area contributed by atoms with E-state index in [-0.39, 0.29) is 18.3 Å². The zero-order valence-corrected chi connectivity index (χ0v) is 16.6. The Hall–Kier alpha value is -2.36. The number of amides is 1. The van der Waals surface area contributed by atoms with Crippen LogP contribution in [0.1, 0.15) is 16.2 Å². The molecular formula is C18H25ClN6O3. The van der Waals surface area contributed by atoms with Gasteiger partial charge in [0.1, 0.15) is 13.2 Å². The lowest BCUT2D eigenvalue weighted by Gasteiger charge is -2.26. The molecule has 0 atom stereocenters. The Balaban J connectivity index is 0.00000225. The maximum atomic E-state index is 12.5. The molecule has 2 aliphatic rings. The van der Waals surface area contributed by atoms with E-state index >= 15 is 0 Å². The number of carbonyl (C=O) groups is 1. The van der Waals surface area contributed by atoms with E-state index in [1.54, 1.807) is 4.68 Å². The summed E-state index contributed by atoms with van der Waals surface area (Å²) in [4.78, 5) is 14.8. The second-order valence-corrected chi connectivity index (χ2v) is 6.61. The number of aromatic nitrogens is 3. The summed E-state index contributed by atoms with van der Waals surface area (Å²) in [6.07, 6.45) is 0. The number of fused-ring (bicyclic) bond motifs is 1. The second-order valence-electron chi connectivity index (χ2n) is 6.61. The topological polar surface area (TPSA) is 93.5 Å². The van der Waals surface area contributed by atoms with E-state index in [1.807, 2.05) is 25.1 Å². The molecule has 0 unspecified atom stereocenters. The molecular weight excluding hydrogens is 384 g/mol. The highest BCUT2D eigenvalue weighted by Crippen LogP contribution is 2.32. The SMILES string of the molecule is Cc1c(C(=O)NCCN2CCNCC2)nnn1-c1ccc2c(c1)OCCO2.Cl. The first-order valence-corrected chi connectivity index (χ1v) is 9.26. The van der Waals surface area contributed by atoms with Crippen molar-refractivity contribution in [3.63, 3.8) is 0 Å². The Morgan fingerprint density at radius 3 is 2.75 bits per heavy atom. The molecule has 4 rings (SSSR count). The van der Waals surface area contributed by atoms with Gasteiger partial charge >= 0.3 is 0 Å². The number of halogens is 1. The van der Waals surface area contributed by atoms with Gasteiger partial charge in [-0.05, 0) is 19.1 Å². The number of hydrogen-bond donors (Lipinski definition) is 2. The predicted octanol–water partition coefficient (Wildman–Crippen LogP) is 0.404. The maximum absolute atomic E-state index is 12.5. The van der Waals surface area contributed by atoms with Crippen molar-refractivity contribution in [3.8, 4) is 17.2 Å².